The summed E-state index contributed by atoms with van der Waals surface area (Å²) >= 11 is 0.959. The molecule has 2 N–H and O–H groups in total. The van der Waals surface area contributed by atoms with Gasteiger partial charge in [-0.25, -0.2) is 13.8 Å². The number of halogens is 2. The molecule has 9 heteroatoms. The van der Waals surface area contributed by atoms with E-state index in [9.17, 15) is 23.5 Å². The Morgan fingerprint density at radius 1 is 1.54 bits per heavy atom. The minimum absolute atomic E-state index is 0.0226. The van der Waals surface area contributed by atoms with E-state index in [0.29, 0.717) is 0 Å². The van der Waals surface area contributed by atoms with Crippen molar-refractivity contribution >= 4 is 23.2 Å². The molecule has 1 aliphatic rings. The lowest BCUT2D eigenvalue weighted by Crippen LogP contribution is -2.47. The van der Waals surface area contributed by atoms with Crippen LogP contribution in [0.1, 0.15) is 54.4 Å². The molecule has 24 heavy (non-hydrogen) atoms. The molecule has 2 rings (SSSR count). The van der Waals surface area contributed by atoms with Gasteiger partial charge in [0.1, 0.15) is 5.69 Å². The Balaban J connectivity index is 2.08. The number of amides is 2. The van der Waals surface area contributed by atoms with E-state index in [1.807, 2.05) is 0 Å². The van der Waals surface area contributed by atoms with Crippen LogP contribution in [0.2, 0.25) is 0 Å². The molecule has 0 saturated carbocycles. The molecule has 1 aromatic rings. The van der Waals surface area contributed by atoms with Crippen molar-refractivity contribution < 1.29 is 23.5 Å². The fourth-order valence-corrected chi connectivity index (χ4v) is 3.04. The van der Waals surface area contributed by atoms with E-state index in [1.165, 1.54) is 5.38 Å². The first-order chi connectivity index (χ1) is 10.9. The Bertz CT molecular complexity index is 642. The van der Waals surface area contributed by atoms with Crippen molar-refractivity contribution in [3.8, 4) is 0 Å². The summed E-state index contributed by atoms with van der Waals surface area (Å²) in [6.45, 7) is 5.69. The minimum atomic E-state index is -2.90. The van der Waals surface area contributed by atoms with Gasteiger partial charge in [-0.1, -0.05) is 0 Å². The maximum atomic E-state index is 13.4. The molecule has 0 aliphatic carbocycles. The molecule has 2 atom stereocenters. The summed E-state index contributed by atoms with van der Waals surface area (Å²) in [6, 6.07) is -1.10. The van der Waals surface area contributed by atoms with E-state index in [0.717, 1.165) is 16.2 Å². The molecule has 1 saturated heterocycles. The first-order valence-electron chi connectivity index (χ1n) is 7.58. The largest absolute Gasteiger partial charge is 0.388 e. The highest BCUT2D eigenvalue weighted by molar-refractivity contribution is 7.11. The third-order valence-electron chi connectivity index (χ3n) is 4.11. The van der Waals surface area contributed by atoms with Gasteiger partial charge in [-0.05, 0) is 27.7 Å². The van der Waals surface area contributed by atoms with Gasteiger partial charge in [0.05, 0.1) is 18.2 Å². The van der Waals surface area contributed by atoms with Crippen molar-refractivity contribution in [2.75, 3.05) is 6.54 Å². The Kier molecular flexibility index (Phi) is 4.96. The van der Waals surface area contributed by atoms with E-state index in [-0.39, 0.29) is 17.1 Å². The van der Waals surface area contributed by atoms with Crippen molar-refractivity contribution in [2.24, 2.45) is 0 Å². The van der Waals surface area contributed by atoms with Gasteiger partial charge in [-0.15, -0.1) is 11.3 Å². The number of aromatic nitrogens is 1. The smallest absolute Gasteiger partial charge is 0.280 e. The maximum absolute atomic E-state index is 13.4. The van der Waals surface area contributed by atoms with Crippen LogP contribution < -0.4 is 5.32 Å². The lowest BCUT2D eigenvalue weighted by molar-refractivity contribution is 0.0117. The van der Waals surface area contributed by atoms with Crippen LogP contribution in [0.5, 0.6) is 0 Å². The Morgan fingerprint density at radius 2 is 2.17 bits per heavy atom. The van der Waals surface area contributed by atoms with Crippen LogP contribution in [0.15, 0.2) is 5.38 Å². The quantitative estimate of drug-likeness (QED) is 0.858. The molecule has 2 amide bonds. The summed E-state index contributed by atoms with van der Waals surface area (Å²) < 4.78 is 26.8. The third kappa shape index (κ3) is 4.07. The number of alkyl halides is 2. The second kappa shape index (κ2) is 6.36. The number of likely N-dealkylation sites (tertiary alicyclic amines) is 1. The number of carbonyl (C=O) groups excluding carboxylic acids is 2. The summed E-state index contributed by atoms with van der Waals surface area (Å²) in [6.07, 6.45) is -0.376. The van der Waals surface area contributed by atoms with Crippen molar-refractivity contribution in [2.45, 2.75) is 57.7 Å². The highest BCUT2D eigenvalue weighted by atomic mass is 32.1. The molecule has 0 radical (unpaired) electrons. The van der Waals surface area contributed by atoms with Crippen molar-refractivity contribution in [1.82, 2.24) is 15.2 Å². The van der Waals surface area contributed by atoms with Gasteiger partial charge in [0.25, 0.3) is 17.7 Å². The number of hydrogen-bond acceptors (Lipinski definition) is 5. The molecule has 1 fully saturated rings. The fourth-order valence-electron chi connectivity index (χ4n) is 2.34. The summed E-state index contributed by atoms with van der Waals surface area (Å²) in [5.74, 6) is -4.02. The molecule has 1 aliphatic heterocycles. The van der Waals surface area contributed by atoms with E-state index < -0.39 is 42.0 Å². The Hall–Kier alpha value is -1.61. The zero-order valence-electron chi connectivity index (χ0n) is 14.0. The normalized spacial score (nSPS) is 21.6. The summed E-state index contributed by atoms with van der Waals surface area (Å²) in [5.41, 5.74) is -1.13. The SMILES string of the molecule is C[C@H](NC(=O)c1nc(C(=O)N2CC(F)(F)C[C@@H]2C)cs1)C(C)(C)O. The van der Waals surface area contributed by atoms with Gasteiger partial charge in [0.15, 0.2) is 5.01 Å². The van der Waals surface area contributed by atoms with Crippen molar-refractivity contribution in [1.29, 1.82) is 0 Å². The Morgan fingerprint density at radius 3 is 2.67 bits per heavy atom. The second-order valence-electron chi connectivity index (χ2n) is 6.73. The van der Waals surface area contributed by atoms with Crippen LogP contribution in [0.3, 0.4) is 0 Å². The lowest BCUT2D eigenvalue weighted by atomic mass is 10.0. The number of carbonyl (C=O) groups is 2. The van der Waals surface area contributed by atoms with Crippen molar-refractivity contribution in [3.05, 3.63) is 16.1 Å². The molecule has 2 heterocycles. The zero-order valence-corrected chi connectivity index (χ0v) is 14.8. The summed E-state index contributed by atoms with van der Waals surface area (Å²) in [4.78, 5) is 29.5. The molecule has 1 aromatic heterocycles. The summed E-state index contributed by atoms with van der Waals surface area (Å²) in [7, 11) is 0. The van der Waals surface area contributed by atoms with E-state index in [1.54, 1.807) is 27.7 Å². The molecule has 134 valence electrons. The number of thiazole rings is 1. The third-order valence-corrected chi connectivity index (χ3v) is 4.95. The van der Waals surface area contributed by atoms with Gasteiger partial charge >= 0.3 is 0 Å². The first kappa shape index (κ1) is 18.7. The average Bonchev–Trinajstić information content (AvgIpc) is 3.01. The van der Waals surface area contributed by atoms with Gasteiger partial charge < -0.3 is 15.3 Å². The average molecular weight is 361 g/mol. The standard InChI is InChI=1S/C15H21F2N3O3S/c1-8-5-15(16,17)7-20(8)13(22)10-6-24-12(19-10)11(21)18-9(2)14(3,4)23/h6,8-9,23H,5,7H2,1-4H3,(H,18,21)/t8-,9-/m0/s1. The fraction of sp³-hybridized carbons (Fsp3) is 0.667. The van der Waals surface area contributed by atoms with Crippen LogP contribution in [-0.4, -0.2) is 57.0 Å². The topological polar surface area (TPSA) is 82.5 Å². The van der Waals surface area contributed by atoms with E-state index >= 15 is 0 Å². The van der Waals surface area contributed by atoms with Crippen LogP contribution in [-0.2, 0) is 0 Å². The molecular formula is C15H21F2N3O3S. The predicted molar refractivity (Wildman–Crippen MR) is 85.4 cm³/mol. The molecule has 0 aromatic carbocycles. The van der Waals surface area contributed by atoms with Crippen LogP contribution in [0.4, 0.5) is 8.78 Å². The van der Waals surface area contributed by atoms with E-state index in [2.05, 4.69) is 10.3 Å². The second-order valence-corrected chi connectivity index (χ2v) is 7.59. The predicted octanol–water partition coefficient (Wildman–Crippen LogP) is 1.90. The molecule has 0 unspecified atom stereocenters. The maximum Gasteiger partial charge on any atom is 0.280 e. The van der Waals surface area contributed by atoms with Crippen LogP contribution in [0, 0.1) is 0 Å². The van der Waals surface area contributed by atoms with Gasteiger partial charge in [0.2, 0.25) is 0 Å². The zero-order chi connectivity index (χ0) is 18.3. The number of hydrogen-bond donors (Lipinski definition) is 2. The van der Waals surface area contributed by atoms with Gasteiger partial charge in [0, 0.05) is 17.8 Å². The lowest BCUT2D eigenvalue weighted by Gasteiger charge is -2.26. The van der Waals surface area contributed by atoms with Crippen LogP contribution >= 0.6 is 11.3 Å². The highest BCUT2D eigenvalue weighted by Crippen LogP contribution is 2.32. The summed E-state index contributed by atoms with van der Waals surface area (Å²) in [5, 5.41) is 13.9. The molecule has 6 nitrogen and oxygen atoms in total. The number of aliphatic hydroxyl groups is 1. The highest BCUT2D eigenvalue weighted by Gasteiger charge is 2.45. The number of nitrogens with one attached hydrogen (secondary N) is 1. The monoisotopic (exact) mass is 361 g/mol. The Labute approximate surface area is 142 Å². The molecular weight excluding hydrogens is 340 g/mol. The number of rotatable bonds is 4. The molecule has 0 spiro atoms. The number of nitrogens with zero attached hydrogens (tertiary/aromatic N) is 2. The minimum Gasteiger partial charge on any atom is -0.388 e. The van der Waals surface area contributed by atoms with Gasteiger partial charge in [-0.3, -0.25) is 9.59 Å². The molecule has 0 bridgehead atoms. The van der Waals surface area contributed by atoms with Gasteiger partial charge in [-0.2, -0.15) is 0 Å². The van der Waals surface area contributed by atoms with Crippen LogP contribution in [0.25, 0.3) is 0 Å². The first-order valence-corrected chi connectivity index (χ1v) is 8.46. The van der Waals surface area contributed by atoms with Crippen molar-refractivity contribution in [3.63, 3.8) is 0 Å². The van der Waals surface area contributed by atoms with E-state index in [4.69, 9.17) is 0 Å².